The molecule has 3 N–H and O–H groups in total. The Kier molecular flexibility index (Phi) is 3.20. The number of hydrogen-bond acceptors (Lipinski definition) is 3. The number of anilines is 1. The van der Waals surface area contributed by atoms with E-state index in [2.05, 4.69) is 5.43 Å². The molecule has 0 aliphatic carbocycles. The number of nitrogens with two attached hydrogens (primary N) is 1. The third-order valence-corrected chi connectivity index (χ3v) is 2.16. The highest BCUT2D eigenvalue weighted by Gasteiger charge is 2.06. The van der Waals surface area contributed by atoms with Crippen molar-refractivity contribution in [3.05, 3.63) is 54.1 Å². The molecule has 0 amide bonds. The molecular weight excluding hydrogens is 226 g/mol. The van der Waals surface area contributed by atoms with Gasteiger partial charge >= 0.3 is 0 Å². The Hall–Kier alpha value is -2.14. The van der Waals surface area contributed by atoms with Crippen LogP contribution in [-0.2, 0) is 0 Å². The number of ether oxygens (including phenoxy) is 1. The number of hydrazine groups is 1. The summed E-state index contributed by atoms with van der Waals surface area (Å²) >= 11 is 0. The Labute approximate surface area is 96.8 Å². The lowest BCUT2D eigenvalue weighted by atomic mass is 10.3. The third kappa shape index (κ3) is 2.51. The first kappa shape index (κ1) is 11.3. The number of para-hydroxylation sites is 1. The fourth-order valence-corrected chi connectivity index (χ4v) is 1.33. The van der Waals surface area contributed by atoms with Gasteiger partial charge in [0.2, 0.25) is 0 Å². The molecule has 0 heterocycles. The van der Waals surface area contributed by atoms with Crippen LogP contribution in [0.5, 0.6) is 11.5 Å². The highest BCUT2D eigenvalue weighted by Crippen LogP contribution is 2.26. The first-order valence-electron chi connectivity index (χ1n) is 4.89. The molecule has 0 saturated heterocycles. The van der Waals surface area contributed by atoms with Gasteiger partial charge in [0.15, 0.2) is 17.4 Å². The summed E-state index contributed by atoms with van der Waals surface area (Å²) < 4.78 is 31.8. The topological polar surface area (TPSA) is 47.3 Å². The van der Waals surface area contributed by atoms with Gasteiger partial charge < -0.3 is 10.2 Å². The first-order valence-corrected chi connectivity index (χ1v) is 4.89. The Morgan fingerprint density at radius 2 is 1.76 bits per heavy atom. The molecule has 0 spiro atoms. The van der Waals surface area contributed by atoms with Crippen LogP contribution >= 0.6 is 0 Å². The zero-order valence-corrected chi connectivity index (χ0v) is 8.78. The number of rotatable bonds is 3. The molecule has 0 fully saturated rings. The minimum atomic E-state index is -0.568. The molecule has 17 heavy (non-hydrogen) atoms. The van der Waals surface area contributed by atoms with Gasteiger partial charge in [-0.3, -0.25) is 5.84 Å². The Bertz CT molecular complexity index is 532. The number of benzene rings is 2. The van der Waals surface area contributed by atoms with E-state index in [4.69, 9.17) is 10.6 Å². The average Bonchev–Trinajstić information content (AvgIpc) is 2.32. The van der Waals surface area contributed by atoms with E-state index in [9.17, 15) is 8.78 Å². The monoisotopic (exact) mass is 236 g/mol. The second-order valence-electron chi connectivity index (χ2n) is 3.32. The lowest BCUT2D eigenvalue weighted by molar-refractivity contribution is 0.439. The Morgan fingerprint density at radius 3 is 2.41 bits per heavy atom. The van der Waals surface area contributed by atoms with Crippen LogP contribution in [0.1, 0.15) is 0 Å². The van der Waals surface area contributed by atoms with Crippen molar-refractivity contribution in [2.24, 2.45) is 5.84 Å². The van der Waals surface area contributed by atoms with Crippen LogP contribution in [0.25, 0.3) is 0 Å². The van der Waals surface area contributed by atoms with Crippen molar-refractivity contribution in [2.45, 2.75) is 0 Å². The Morgan fingerprint density at radius 1 is 1.00 bits per heavy atom. The number of hydrogen-bond donors (Lipinski definition) is 2. The molecule has 88 valence electrons. The molecule has 5 heteroatoms. The van der Waals surface area contributed by atoms with E-state index < -0.39 is 11.6 Å². The molecule has 3 nitrogen and oxygen atoms in total. The second kappa shape index (κ2) is 4.80. The third-order valence-electron chi connectivity index (χ3n) is 2.16. The van der Waals surface area contributed by atoms with Gasteiger partial charge in [-0.1, -0.05) is 12.1 Å². The number of nitrogen functional groups attached to an aromatic ring is 1. The predicted octanol–water partition coefficient (Wildman–Crippen LogP) is 3.04. The van der Waals surface area contributed by atoms with Gasteiger partial charge in [0.25, 0.3) is 0 Å². The van der Waals surface area contributed by atoms with Gasteiger partial charge in [-0.2, -0.15) is 0 Å². The molecule has 0 aliphatic rings. The van der Waals surface area contributed by atoms with E-state index in [1.54, 1.807) is 12.1 Å². The molecule has 0 saturated carbocycles. The van der Waals surface area contributed by atoms with Crippen LogP contribution < -0.4 is 16.0 Å². The standard InChI is InChI=1S/C12H10F2N2O/c13-9-3-1-2-4-12(9)17-8-5-6-11(16-15)10(14)7-8/h1-7,16H,15H2. The summed E-state index contributed by atoms with van der Waals surface area (Å²) in [7, 11) is 0. The smallest absolute Gasteiger partial charge is 0.165 e. The van der Waals surface area contributed by atoms with Crippen LogP contribution in [0, 0.1) is 11.6 Å². The van der Waals surface area contributed by atoms with Gasteiger partial charge in [-0.15, -0.1) is 0 Å². The number of nitrogens with one attached hydrogen (secondary N) is 1. The minimum absolute atomic E-state index is 0.0420. The predicted molar refractivity (Wildman–Crippen MR) is 60.7 cm³/mol. The molecule has 2 rings (SSSR count). The van der Waals surface area contributed by atoms with E-state index in [0.29, 0.717) is 0 Å². The molecule has 0 aliphatic heterocycles. The summed E-state index contributed by atoms with van der Waals surface area (Å²) in [6, 6.07) is 9.93. The lowest BCUT2D eigenvalue weighted by Gasteiger charge is -2.08. The van der Waals surface area contributed by atoms with Crippen molar-refractivity contribution in [3.8, 4) is 11.5 Å². The van der Waals surface area contributed by atoms with Gasteiger partial charge in [0.05, 0.1) is 5.69 Å². The highest BCUT2D eigenvalue weighted by atomic mass is 19.1. The van der Waals surface area contributed by atoms with Crippen molar-refractivity contribution in [1.82, 2.24) is 0 Å². The van der Waals surface area contributed by atoms with Gasteiger partial charge in [-0.25, -0.2) is 8.78 Å². The summed E-state index contributed by atoms with van der Waals surface area (Å²) in [5.41, 5.74) is 2.34. The van der Waals surface area contributed by atoms with Gasteiger partial charge in [0.1, 0.15) is 5.75 Å². The van der Waals surface area contributed by atoms with Crippen molar-refractivity contribution in [3.63, 3.8) is 0 Å². The molecule has 2 aromatic carbocycles. The Balaban J connectivity index is 2.25. The summed E-state index contributed by atoms with van der Waals surface area (Å²) in [5, 5.41) is 0. The average molecular weight is 236 g/mol. The zero-order chi connectivity index (χ0) is 12.3. The summed E-state index contributed by atoms with van der Waals surface area (Å²) in [6.45, 7) is 0. The van der Waals surface area contributed by atoms with Gasteiger partial charge in [0, 0.05) is 6.07 Å². The summed E-state index contributed by atoms with van der Waals surface area (Å²) in [5.74, 6) is 4.26. The molecule has 0 atom stereocenters. The largest absolute Gasteiger partial charge is 0.454 e. The van der Waals surface area contributed by atoms with Crippen LogP contribution in [-0.4, -0.2) is 0 Å². The first-order chi connectivity index (χ1) is 8.20. The zero-order valence-electron chi connectivity index (χ0n) is 8.78. The van der Waals surface area contributed by atoms with Crippen LogP contribution in [0.15, 0.2) is 42.5 Å². The van der Waals surface area contributed by atoms with Crippen LogP contribution in [0.3, 0.4) is 0 Å². The minimum Gasteiger partial charge on any atom is -0.454 e. The van der Waals surface area contributed by atoms with Gasteiger partial charge in [-0.05, 0) is 24.3 Å². The fourth-order valence-electron chi connectivity index (χ4n) is 1.33. The maximum Gasteiger partial charge on any atom is 0.165 e. The maximum absolute atomic E-state index is 13.3. The molecule has 0 bridgehead atoms. The lowest BCUT2D eigenvalue weighted by Crippen LogP contribution is -2.08. The van der Waals surface area contributed by atoms with Crippen molar-refractivity contribution < 1.29 is 13.5 Å². The van der Waals surface area contributed by atoms with Crippen molar-refractivity contribution >= 4 is 5.69 Å². The van der Waals surface area contributed by atoms with E-state index in [-0.39, 0.29) is 17.2 Å². The van der Waals surface area contributed by atoms with E-state index in [1.165, 1.54) is 24.3 Å². The molecular formula is C12H10F2N2O. The highest BCUT2D eigenvalue weighted by molar-refractivity contribution is 5.47. The number of halogens is 2. The van der Waals surface area contributed by atoms with Crippen molar-refractivity contribution in [1.29, 1.82) is 0 Å². The molecule has 0 unspecified atom stereocenters. The van der Waals surface area contributed by atoms with Crippen LogP contribution in [0.2, 0.25) is 0 Å². The normalized spacial score (nSPS) is 10.1. The SMILES string of the molecule is NNc1ccc(Oc2ccccc2F)cc1F. The molecule has 2 aromatic rings. The van der Waals surface area contributed by atoms with E-state index >= 15 is 0 Å². The van der Waals surface area contributed by atoms with E-state index in [1.807, 2.05) is 0 Å². The fraction of sp³-hybridized carbons (Fsp3) is 0. The maximum atomic E-state index is 13.3. The quantitative estimate of drug-likeness (QED) is 0.636. The summed E-state index contributed by atoms with van der Waals surface area (Å²) in [6.07, 6.45) is 0. The summed E-state index contributed by atoms with van der Waals surface area (Å²) in [4.78, 5) is 0. The second-order valence-corrected chi connectivity index (χ2v) is 3.32. The molecule has 0 aromatic heterocycles. The van der Waals surface area contributed by atoms with Crippen LogP contribution in [0.4, 0.5) is 14.5 Å². The van der Waals surface area contributed by atoms with E-state index in [0.717, 1.165) is 6.07 Å². The molecule has 0 radical (unpaired) electrons. The van der Waals surface area contributed by atoms with Crippen molar-refractivity contribution in [2.75, 3.05) is 5.43 Å².